The highest BCUT2D eigenvalue weighted by Crippen LogP contribution is 2.32. The Kier molecular flexibility index (Phi) is 5.92. The zero-order valence-corrected chi connectivity index (χ0v) is 16.0. The number of carbonyl (C=O) groups is 1. The van der Waals surface area contributed by atoms with Crippen molar-refractivity contribution in [1.29, 1.82) is 0 Å². The van der Waals surface area contributed by atoms with Crippen LogP contribution in [0.2, 0.25) is 0 Å². The fourth-order valence-corrected chi connectivity index (χ4v) is 3.71. The van der Waals surface area contributed by atoms with E-state index in [9.17, 15) is 4.79 Å². The molecule has 0 bridgehead atoms. The van der Waals surface area contributed by atoms with Gasteiger partial charge in [-0.3, -0.25) is 0 Å². The first-order chi connectivity index (χ1) is 12.6. The molecule has 2 aromatic rings. The van der Waals surface area contributed by atoms with Gasteiger partial charge >= 0.3 is 5.97 Å². The number of hydrogen-bond acceptors (Lipinski definition) is 2. The lowest BCUT2D eigenvalue weighted by Crippen LogP contribution is -2.04. The lowest BCUT2D eigenvalue weighted by Gasteiger charge is -2.15. The Morgan fingerprint density at radius 1 is 1.12 bits per heavy atom. The van der Waals surface area contributed by atoms with Crippen molar-refractivity contribution in [2.45, 2.75) is 52.4 Å². The van der Waals surface area contributed by atoms with Crippen molar-refractivity contribution in [3.8, 4) is 0 Å². The summed E-state index contributed by atoms with van der Waals surface area (Å²) >= 11 is 0. The Morgan fingerprint density at radius 3 is 2.58 bits per heavy atom. The Morgan fingerprint density at radius 2 is 1.85 bits per heavy atom. The second kappa shape index (κ2) is 8.35. The number of esters is 1. The molecular formula is C24H28O2. The summed E-state index contributed by atoms with van der Waals surface area (Å²) in [5.41, 5.74) is 7.26. The highest BCUT2D eigenvalue weighted by atomic mass is 16.5. The van der Waals surface area contributed by atoms with Gasteiger partial charge in [0.25, 0.3) is 0 Å². The van der Waals surface area contributed by atoms with Gasteiger partial charge in [-0.25, -0.2) is 4.79 Å². The summed E-state index contributed by atoms with van der Waals surface area (Å²) < 4.78 is 5.04. The van der Waals surface area contributed by atoms with E-state index in [2.05, 4.69) is 38.1 Å². The molecule has 0 saturated heterocycles. The molecule has 1 aliphatic carbocycles. The molecule has 0 fully saturated rings. The van der Waals surface area contributed by atoms with Gasteiger partial charge in [0.2, 0.25) is 0 Å². The molecule has 0 radical (unpaired) electrons. The van der Waals surface area contributed by atoms with E-state index >= 15 is 0 Å². The summed E-state index contributed by atoms with van der Waals surface area (Å²) in [7, 11) is 0. The van der Waals surface area contributed by atoms with Crippen molar-refractivity contribution in [3.63, 3.8) is 0 Å². The summed E-state index contributed by atoms with van der Waals surface area (Å²) in [5.74, 6) is 0.378. The number of benzene rings is 2. The first kappa shape index (κ1) is 18.4. The summed E-state index contributed by atoms with van der Waals surface area (Å²) in [6, 6.07) is 14.5. The zero-order chi connectivity index (χ0) is 18.5. The normalized spacial score (nSPS) is 17.3. The van der Waals surface area contributed by atoms with Gasteiger partial charge in [-0.1, -0.05) is 49.8 Å². The second-order valence-electron chi connectivity index (χ2n) is 7.23. The Bertz CT molecular complexity index is 799. The van der Waals surface area contributed by atoms with Crippen molar-refractivity contribution >= 4 is 17.6 Å². The van der Waals surface area contributed by atoms with Crippen LogP contribution in [0.3, 0.4) is 0 Å². The Hall–Kier alpha value is -2.35. The van der Waals surface area contributed by atoms with Crippen molar-refractivity contribution in [2.24, 2.45) is 0 Å². The first-order valence-electron chi connectivity index (χ1n) is 9.67. The summed E-state index contributed by atoms with van der Waals surface area (Å²) in [6.07, 6.45) is 7.30. The number of aryl methyl sites for hydroxylation is 1. The van der Waals surface area contributed by atoms with Gasteiger partial charge < -0.3 is 4.74 Å². The van der Waals surface area contributed by atoms with Crippen LogP contribution in [0, 0.1) is 0 Å². The first-order valence-corrected chi connectivity index (χ1v) is 9.67. The minimum absolute atomic E-state index is 0.264. The van der Waals surface area contributed by atoms with Gasteiger partial charge in [-0.15, -0.1) is 0 Å². The van der Waals surface area contributed by atoms with E-state index in [0.29, 0.717) is 18.1 Å². The number of rotatable bonds is 4. The molecule has 0 spiro atoms. The number of carbonyl (C=O) groups excluding carboxylic acids is 1. The van der Waals surface area contributed by atoms with Crippen molar-refractivity contribution in [3.05, 3.63) is 70.3 Å². The lowest BCUT2D eigenvalue weighted by molar-refractivity contribution is 0.0526. The molecule has 136 valence electrons. The lowest BCUT2D eigenvalue weighted by atomic mass is 9.90. The van der Waals surface area contributed by atoms with Crippen LogP contribution in [-0.2, 0) is 11.2 Å². The maximum atomic E-state index is 11.8. The van der Waals surface area contributed by atoms with Gasteiger partial charge in [0.1, 0.15) is 0 Å². The van der Waals surface area contributed by atoms with Crippen LogP contribution in [0.25, 0.3) is 11.6 Å². The third-order valence-electron chi connectivity index (χ3n) is 5.27. The molecule has 0 amide bonds. The minimum Gasteiger partial charge on any atom is -0.462 e. The highest BCUT2D eigenvalue weighted by Gasteiger charge is 2.15. The van der Waals surface area contributed by atoms with Crippen LogP contribution < -0.4 is 0 Å². The largest absolute Gasteiger partial charge is 0.462 e. The molecule has 2 nitrogen and oxygen atoms in total. The van der Waals surface area contributed by atoms with E-state index < -0.39 is 0 Å². The fraction of sp³-hybridized carbons (Fsp3) is 0.375. The number of allylic oxidation sites excluding steroid dienone is 1. The monoisotopic (exact) mass is 348 g/mol. The summed E-state index contributed by atoms with van der Waals surface area (Å²) in [6.45, 7) is 6.72. The third-order valence-corrected chi connectivity index (χ3v) is 5.27. The molecule has 1 atom stereocenters. The summed E-state index contributed by atoms with van der Waals surface area (Å²) in [5, 5.41) is 0. The van der Waals surface area contributed by atoms with Crippen LogP contribution in [-0.4, -0.2) is 12.6 Å². The SMILES string of the molecule is CCOC(=O)c1ccc(C=C(C)c2ccc3c(c2)C(C)CCCC3)cc1. The Labute approximate surface area is 156 Å². The van der Waals surface area contributed by atoms with Crippen molar-refractivity contribution < 1.29 is 9.53 Å². The molecule has 1 aliphatic rings. The number of ether oxygens (including phenoxy) is 1. The molecule has 0 saturated carbocycles. The van der Waals surface area contributed by atoms with Gasteiger partial charge in [0, 0.05) is 0 Å². The van der Waals surface area contributed by atoms with Crippen LogP contribution in [0.4, 0.5) is 0 Å². The second-order valence-corrected chi connectivity index (χ2v) is 7.23. The van der Waals surface area contributed by atoms with E-state index in [1.165, 1.54) is 47.9 Å². The average molecular weight is 348 g/mol. The predicted molar refractivity (Wildman–Crippen MR) is 108 cm³/mol. The van der Waals surface area contributed by atoms with Crippen molar-refractivity contribution in [1.82, 2.24) is 0 Å². The molecule has 26 heavy (non-hydrogen) atoms. The maximum Gasteiger partial charge on any atom is 0.338 e. The number of hydrogen-bond donors (Lipinski definition) is 0. The number of fused-ring (bicyclic) bond motifs is 1. The standard InChI is InChI=1S/C24H28O2/c1-4-26-24(25)21-11-9-19(10-12-21)15-18(3)22-14-13-20-8-6-5-7-17(2)23(20)16-22/h9-17H,4-8H2,1-3H3. The average Bonchev–Trinajstić information content (AvgIpc) is 2.83. The third kappa shape index (κ3) is 4.24. The van der Waals surface area contributed by atoms with Crippen LogP contribution in [0.1, 0.15) is 78.6 Å². The quantitative estimate of drug-likeness (QED) is 0.371. The van der Waals surface area contributed by atoms with Gasteiger partial charge in [0.05, 0.1) is 12.2 Å². The zero-order valence-electron chi connectivity index (χ0n) is 16.0. The van der Waals surface area contributed by atoms with Gasteiger partial charge in [0.15, 0.2) is 0 Å². The van der Waals surface area contributed by atoms with Crippen LogP contribution in [0.5, 0.6) is 0 Å². The smallest absolute Gasteiger partial charge is 0.338 e. The maximum absolute atomic E-state index is 11.8. The predicted octanol–water partition coefficient (Wildman–Crippen LogP) is 6.25. The van der Waals surface area contributed by atoms with E-state index in [0.717, 1.165) is 5.56 Å². The van der Waals surface area contributed by atoms with Crippen LogP contribution >= 0.6 is 0 Å². The topological polar surface area (TPSA) is 26.3 Å². The fourth-order valence-electron chi connectivity index (χ4n) is 3.71. The van der Waals surface area contributed by atoms with E-state index in [-0.39, 0.29) is 5.97 Å². The molecule has 2 heteroatoms. The van der Waals surface area contributed by atoms with E-state index in [1.54, 1.807) is 0 Å². The molecule has 3 rings (SSSR count). The van der Waals surface area contributed by atoms with Gasteiger partial charge in [-0.05, 0) is 79.0 Å². The Balaban J connectivity index is 1.82. The molecule has 0 heterocycles. The molecule has 0 aromatic heterocycles. The molecule has 0 aliphatic heterocycles. The van der Waals surface area contributed by atoms with Crippen molar-refractivity contribution in [2.75, 3.05) is 6.61 Å². The molecule has 1 unspecified atom stereocenters. The molecule has 2 aromatic carbocycles. The van der Waals surface area contributed by atoms with Gasteiger partial charge in [-0.2, -0.15) is 0 Å². The minimum atomic E-state index is -0.264. The van der Waals surface area contributed by atoms with E-state index in [4.69, 9.17) is 4.74 Å². The molecular weight excluding hydrogens is 320 g/mol. The summed E-state index contributed by atoms with van der Waals surface area (Å²) in [4.78, 5) is 11.8. The highest BCUT2D eigenvalue weighted by molar-refractivity contribution is 5.90. The van der Waals surface area contributed by atoms with E-state index in [1.807, 2.05) is 31.2 Å². The van der Waals surface area contributed by atoms with Crippen LogP contribution in [0.15, 0.2) is 42.5 Å². The molecule has 0 N–H and O–H groups in total.